The number of hydrogen-bond acceptors (Lipinski definition) is 7. The SMILES string of the molecule is CC1([C@@H]2CCOc3cc(S(=O)(=O)Oc4c(F)c(F)c(F)c(F)c4F)ccc32)C=CC(C(F)(F)F)=CC1N1CCS(=O)(=O)CC1. The maximum absolute atomic E-state index is 14.1. The second kappa shape index (κ2) is 11.0. The van der Waals surface area contributed by atoms with Crippen LogP contribution < -0.4 is 8.92 Å². The van der Waals surface area contributed by atoms with Crippen molar-refractivity contribution in [2.75, 3.05) is 31.2 Å². The molecule has 2 aromatic carbocycles. The number of fused-ring (bicyclic) bond motifs is 1. The van der Waals surface area contributed by atoms with Gasteiger partial charge < -0.3 is 8.92 Å². The van der Waals surface area contributed by atoms with Crippen LogP contribution in [-0.2, 0) is 20.0 Å². The van der Waals surface area contributed by atoms with Gasteiger partial charge in [0.1, 0.15) is 10.6 Å². The van der Waals surface area contributed by atoms with E-state index in [0.717, 1.165) is 24.3 Å². The van der Waals surface area contributed by atoms with Crippen LogP contribution in [0.1, 0.15) is 24.8 Å². The van der Waals surface area contributed by atoms with Crippen molar-refractivity contribution < 1.29 is 60.9 Å². The van der Waals surface area contributed by atoms with Crippen LogP contribution in [0, 0.1) is 34.5 Å². The van der Waals surface area contributed by atoms with Gasteiger partial charge in [-0.1, -0.05) is 31.2 Å². The highest BCUT2D eigenvalue weighted by Gasteiger charge is 2.49. The number of sulfone groups is 1. The van der Waals surface area contributed by atoms with E-state index in [1.165, 1.54) is 12.1 Å². The first-order valence-corrected chi connectivity index (χ1v) is 16.2. The summed E-state index contributed by atoms with van der Waals surface area (Å²) in [5.41, 5.74) is -1.63. The van der Waals surface area contributed by atoms with E-state index >= 15 is 0 Å². The lowest BCUT2D eigenvalue weighted by Crippen LogP contribution is -2.54. The van der Waals surface area contributed by atoms with Gasteiger partial charge in [-0.05, 0) is 18.1 Å². The highest BCUT2D eigenvalue weighted by atomic mass is 32.2. The van der Waals surface area contributed by atoms with Crippen molar-refractivity contribution in [2.45, 2.75) is 36.4 Å². The maximum Gasteiger partial charge on any atom is 0.416 e. The Labute approximate surface area is 246 Å². The topological polar surface area (TPSA) is 90.0 Å². The van der Waals surface area contributed by atoms with E-state index in [-0.39, 0.29) is 43.4 Å². The molecule has 0 amide bonds. The summed E-state index contributed by atoms with van der Waals surface area (Å²) in [4.78, 5) is 0.893. The molecule has 0 radical (unpaired) electrons. The standard InChI is InChI=1S/C27H23F8NO6S2/c1-26(6-4-14(27(33,34)35)12-19(26)36-7-10-43(37,38)11-8-36)17-5-9-41-18-13-15(2-3-16(17)18)44(39,40)42-25-23(31)21(29)20(28)22(30)24(25)32/h2-4,6,12-13,17,19H,5,7-11H2,1H3/t17-,19?,26?/m1/s1. The van der Waals surface area contributed by atoms with E-state index in [1.54, 1.807) is 11.8 Å². The second-order valence-electron chi connectivity index (χ2n) is 10.8. The smallest absolute Gasteiger partial charge is 0.416 e. The Kier molecular flexibility index (Phi) is 8.06. The van der Waals surface area contributed by atoms with Crippen molar-refractivity contribution in [3.63, 3.8) is 0 Å². The van der Waals surface area contributed by atoms with Crippen LogP contribution in [0.2, 0.25) is 0 Å². The molecule has 7 nitrogen and oxygen atoms in total. The Bertz CT molecular complexity index is 1750. The van der Waals surface area contributed by atoms with Gasteiger partial charge in [-0.3, -0.25) is 4.90 Å². The molecule has 2 heterocycles. The van der Waals surface area contributed by atoms with Crippen LogP contribution in [-0.4, -0.2) is 65.2 Å². The van der Waals surface area contributed by atoms with Gasteiger partial charge in [-0.2, -0.15) is 30.4 Å². The lowest BCUT2D eigenvalue weighted by Gasteiger charge is -2.49. The molecular weight excluding hydrogens is 650 g/mol. The van der Waals surface area contributed by atoms with E-state index in [9.17, 15) is 52.0 Å². The Balaban J connectivity index is 1.51. The molecular formula is C27H23F8NO6S2. The van der Waals surface area contributed by atoms with Gasteiger partial charge in [0, 0.05) is 36.5 Å². The first-order chi connectivity index (χ1) is 20.4. The summed E-state index contributed by atoms with van der Waals surface area (Å²) in [6, 6.07) is 2.19. The minimum atomic E-state index is -5.19. The van der Waals surface area contributed by atoms with Crippen molar-refractivity contribution in [3.8, 4) is 11.5 Å². The first-order valence-electron chi connectivity index (χ1n) is 13.0. The second-order valence-corrected chi connectivity index (χ2v) is 14.6. The zero-order valence-electron chi connectivity index (χ0n) is 22.6. The zero-order chi connectivity index (χ0) is 32.4. The lowest BCUT2D eigenvalue weighted by molar-refractivity contribution is -0.0899. The third kappa shape index (κ3) is 5.69. The molecule has 1 saturated heterocycles. The van der Waals surface area contributed by atoms with Gasteiger partial charge in [0.15, 0.2) is 9.84 Å². The summed E-state index contributed by atoms with van der Waals surface area (Å²) in [5, 5.41) is 0. The number of alkyl halides is 3. The van der Waals surface area contributed by atoms with Crippen LogP contribution in [0.4, 0.5) is 35.1 Å². The maximum atomic E-state index is 14.1. The third-order valence-corrected chi connectivity index (χ3v) is 10.9. The molecule has 0 N–H and O–H groups in total. The van der Waals surface area contributed by atoms with Crippen molar-refractivity contribution in [1.82, 2.24) is 4.90 Å². The van der Waals surface area contributed by atoms with E-state index in [4.69, 9.17) is 4.74 Å². The van der Waals surface area contributed by atoms with Crippen LogP contribution in [0.3, 0.4) is 0 Å². The number of allylic oxidation sites excluding steroid dienone is 2. The molecule has 0 aromatic heterocycles. The molecule has 2 aromatic rings. The molecule has 2 aliphatic heterocycles. The van der Waals surface area contributed by atoms with Crippen molar-refractivity contribution in [1.29, 1.82) is 0 Å². The van der Waals surface area contributed by atoms with E-state index in [2.05, 4.69) is 4.18 Å². The first kappa shape index (κ1) is 32.2. The van der Waals surface area contributed by atoms with Crippen LogP contribution in [0.25, 0.3) is 0 Å². The Morgan fingerprint density at radius 1 is 0.977 bits per heavy atom. The molecule has 0 saturated carbocycles. The summed E-state index contributed by atoms with van der Waals surface area (Å²) in [5.74, 6) is -15.5. The fraction of sp³-hybridized carbons (Fsp3) is 0.407. The van der Waals surface area contributed by atoms with Crippen molar-refractivity contribution in [2.24, 2.45) is 5.41 Å². The lowest BCUT2D eigenvalue weighted by atomic mass is 9.64. The molecule has 1 fully saturated rings. The molecule has 44 heavy (non-hydrogen) atoms. The van der Waals surface area contributed by atoms with Crippen molar-refractivity contribution in [3.05, 3.63) is 76.6 Å². The van der Waals surface area contributed by atoms with E-state index in [0.29, 0.717) is 5.56 Å². The summed E-state index contributed by atoms with van der Waals surface area (Å²) in [6.07, 6.45) is -1.05. The molecule has 0 bridgehead atoms. The predicted octanol–water partition coefficient (Wildman–Crippen LogP) is 5.18. The predicted molar refractivity (Wildman–Crippen MR) is 139 cm³/mol. The number of ether oxygens (including phenoxy) is 1. The molecule has 2 unspecified atom stereocenters. The third-order valence-electron chi connectivity index (χ3n) is 8.12. The monoisotopic (exact) mass is 673 g/mol. The quantitative estimate of drug-likeness (QED) is 0.187. The summed E-state index contributed by atoms with van der Waals surface area (Å²) in [7, 11) is -8.55. The molecule has 17 heteroatoms. The average molecular weight is 674 g/mol. The molecule has 3 atom stereocenters. The van der Waals surface area contributed by atoms with Gasteiger partial charge in [0.25, 0.3) is 0 Å². The van der Waals surface area contributed by atoms with E-state index in [1.807, 2.05) is 0 Å². The molecule has 5 rings (SSSR count). The van der Waals surface area contributed by atoms with Crippen LogP contribution in [0.5, 0.6) is 11.5 Å². The molecule has 0 spiro atoms. The highest BCUT2D eigenvalue weighted by Crippen LogP contribution is 2.52. The zero-order valence-corrected chi connectivity index (χ0v) is 24.2. The van der Waals surface area contributed by atoms with Crippen LogP contribution in [0.15, 0.2) is 46.9 Å². The average Bonchev–Trinajstić information content (AvgIpc) is 2.96. The van der Waals surface area contributed by atoms with E-state index < -0.39 is 88.8 Å². The Morgan fingerprint density at radius 2 is 1.57 bits per heavy atom. The van der Waals surface area contributed by atoms with Gasteiger partial charge in [-0.25, -0.2) is 21.6 Å². The Morgan fingerprint density at radius 3 is 2.16 bits per heavy atom. The van der Waals surface area contributed by atoms with Gasteiger partial charge in [-0.15, -0.1) is 0 Å². The summed E-state index contributed by atoms with van der Waals surface area (Å²) < 4.78 is 170. The number of halogens is 8. The number of nitrogens with zero attached hydrogens (tertiary/aromatic N) is 1. The normalized spacial score (nSPS) is 25.6. The fourth-order valence-corrected chi connectivity index (χ4v) is 7.95. The molecule has 1 aliphatic carbocycles. The Hall–Kier alpha value is -3.18. The summed E-state index contributed by atoms with van der Waals surface area (Å²) >= 11 is 0. The van der Waals surface area contributed by atoms with Crippen LogP contribution >= 0.6 is 0 Å². The number of benzene rings is 2. The fourth-order valence-electron chi connectivity index (χ4n) is 5.78. The number of rotatable bonds is 5. The minimum absolute atomic E-state index is 0.0135. The molecule has 3 aliphatic rings. The highest BCUT2D eigenvalue weighted by molar-refractivity contribution is 7.91. The molecule has 240 valence electrons. The van der Waals surface area contributed by atoms with Gasteiger partial charge in [0.05, 0.1) is 23.7 Å². The van der Waals surface area contributed by atoms with Gasteiger partial charge >= 0.3 is 16.3 Å². The minimum Gasteiger partial charge on any atom is -0.493 e. The van der Waals surface area contributed by atoms with Crippen molar-refractivity contribution >= 4 is 20.0 Å². The number of hydrogen-bond donors (Lipinski definition) is 0. The summed E-state index contributed by atoms with van der Waals surface area (Å²) in [6.45, 7) is 1.64. The largest absolute Gasteiger partial charge is 0.493 e. The van der Waals surface area contributed by atoms with Gasteiger partial charge in [0.2, 0.25) is 34.8 Å².